The molecular formula is C28H29N3O5S. The highest BCUT2D eigenvalue weighted by Crippen LogP contribution is 2.35. The molecule has 192 valence electrons. The van der Waals surface area contributed by atoms with E-state index in [0.29, 0.717) is 31.5 Å². The lowest BCUT2D eigenvalue weighted by Gasteiger charge is -2.19. The smallest absolute Gasteiger partial charge is 0.245 e. The molecule has 0 aromatic heterocycles. The van der Waals surface area contributed by atoms with Gasteiger partial charge in [-0.25, -0.2) is 8.42 Å². The lowest BCUT2D eigenvalue weighted by atomic mass is 10.0. The van der Waals surface area contributed by atoms with E-state index in [2.05, 4.69) is 35.4 Å². The average Bonchev–Trinajstić information content (AvgIpc) is 3.47. The predicted octanol–water partition coefficient (Wildman–Crippen LogP) is 3.45. The molecule has 0 aliphatic carbocycles. The second-order valence-electron chi connectivity index (χ2n) is 9.40. The minimum atomic E-state index is -3.70. The predicted molar refractivity (Wildman–Crippen MR) is 141 cm³/mol. The standard InChI is InChI=1S/C28H29N3O5S/c1-2-26(32)30-28-16-21-17-31(18-25(21)36-28)37(34,35)23-13-11-22(12-14-23)29-27(33)15-10-20-8-5-7-19-6-3-4-9-24(19)20/h2-9,11-14,21,25,28H,1,10,15-18H2,(H,29,33)(H,30,32). The largest absolute Gasteiger partial charge is 0.354 e. The SMILES string of the molecule is C=CC(=O)NC1CC2CN(S(=O)(=O)c3ccc(NC(=O)CCc4cccc5ccccc45)cc3)CC2O1. The van der Waals surface area contributed by atoms with E-state index in [1.165, 1.54) is 22.5 Å². The first-order valence-electron chi connectivity index (χ1n) is 12.3. The van der Waals surface area contributed by atoms with Gasteiger partial charge in [-0.2, -0.15) is 4.31 Å². The fraction of sp³-hybridized carbons (Fsp3) is 0.286. The Morgan fingerprint density at radius 1 is 1.03 bits per heavy atom. The summed E-state index contributed by atoms with van der Waals surface area (Å²) < 4.78 is 33.6. The van der Waals surface area contributed by atoms with Gasteiger partial charge >= 0.3 is 0 Å². The van der Waals surface area contributed by atoms with Gasteiger partial charge in [-0.1, -0.05) is 49.0 Å². The van der Waals surface area contributed by atoms with Gasteiger partial charge in [0, 0.05) is 31.1 Å². The summed E-state index contributed by atoms with van der Waals surface area (Å²) in [5.74, 6) is -0.425. The summed E-state index contributed by atoms with van der Waals surface area (Å²) in [4.78, 5) is 24.2. The third-order valence-corrected chi connectivity index (χ3v) is 8.82. The maximum Gasteiger partial charge on any atom is 0.245 e. The number of nitrogens with zero attached hydrogens (tertiary/aromatic N) is 1. The Hall–Kier alpha value is -3.53. The Morgan fingerprint density at radius 3 is 2.54 bits per heavy atom. The highest BCUT2D eigenvalue weighted by Gasteiger charge is 2.46. The Bertz CT molecular complexity index is 1420. The monoisotopic (exact) mass is 519 g/mol. The number of anilines is 1. The molecule has 0 saturated carbocycles. The Labute approximate surface area is 216 Å². The fourth-order valence-electron chi connectivity index (χ4n) is 5.07. The van der Waals surface area contributed by atoms with Gasteiger partial charge in [0.15, 0.2) is 0 Å². The molecule has 0 bridgehead atoms. The van der Waals surface area contributed by atoms with Gasteiger partial charge in [0.05, 0.1) is 11.0 Å². The number of sulfonamides is 1. The normalized spacial score (nSPS) is 21.5. The Balaban J connectivity index is 1.16. The van der Waals surface area contributed by atoms with Crippen LogP contribution in [0.2, 0.25) is 0 Å². The number of hydrogen-bond donors (Lipinski definition) is 2. The highest BCUT2D eigenvalue weighted by atomic mass is 32.2. The first-order valence-corrected chi connectivity index (χ1v) is 13.7. The number of hydrogen-bond acceptors (Lipinski definition) is 5. The minimum absolute atomic E-state index is 0.0187. The van der Waals surface area contributed by atoms with Crippen LogP contribution in [-0.2, 0) is 30.8 Å². The number of fused-ring (bicyclic) bond motifs is 2. The van der Waals surface area contributed by atoms with Gasteiger partial charge < -0.3 is 15.4 Å². The minimum Gasteiger partial charge on any atom is -0.354 e. The summed E-state index contributed by atoms with van der Waals surface area (Å²) in [6.45, 7) is 4.00. The second kappa shape index (κ2) is 10.5. The maximum absolute atomic E-state index is 13.2. The zero-order chi connectivity index (χ0) is 26.0. The molecular weight excluding hydrogens is 490 g/mol. The number of amides is 2. The molecule has 2 saturated heterocycles. The van der Waals surface area contributed by atoms with Crippen molar-refractivity contribution >= 4 is 38.3 Å². The summed E-state index contributed by atoms with van der Waals surface area (Å²) in [5.41, 5.74) is 1.66. The summed E-state index contributed by atoms with van der Waals surface area (Å²) >= 11 is 0. The second-order valence-corrected chi connectivity index (χ2v) is 11.3. The molecule has 2 amide bonds. The molecule has 9 heteroatoms. The molecule has 2 aliphatic rings. The van der Waals surface area contributed by atoms with Crippen molar-refractivity contribution in [3.8, 4) is 0 Å². The van der Waals surface area contributed by atoms with Crippen LogP contribution in [-0.4, -0.2) is 50.0 Å². The molecule has 5 rings (SSSR count). The van der Waals surface area contributed by atoms with E-state index in [-0.39, 0.29) is 35.3 Å². The van der Waals surface area contributed by atoms with Gasteiger partial charge in [-0.05, 0) is 59.5 Å². The van der Waals surface area contributed by atoms with Gasteiger partial charge in [0.2, 0.25) is 21.8 Å². The van der Waals surface area contributed by atoms with Gasteiger partial charge in [-0.3, -0.25) is 9.59 Å². The van der Waals surface area contributed by atoms with Crippen LogP contribution < -0.4 is 10.6 Å². The molecule has 0 spiro atoms. The van der Waals surface area contributed by atoms with Crippen molar-refractivity contribution < 1.29 is 22.7 Å². The van der Waals surface area contributed by atoms with Crippen LogP contribution in [0.4, 0.5) is 5.69 Å². The van der Waals surface area contributed by atoms with Crippen molar-refractivity contribution in [1.82, 2.24) is 9.62 Å². The third kappa shape index (κ3) is 5.44. The van der Waals surface area contributed by atoms with Crippen molar-refractivity contribution in [3.05, 3.63) is 84.9 Å². The summed E-state index contributed by atoms with van der Waals surface area (Å²) in [5, 5.41) is 7.85. The van der Waals surface area contributed by atoms with Crippen molar-refractivity contribution in [2.75, 3.05) is 18.4 Å². The number of nitrogens with one attached hydrogen (secondary N) is 2. The molecule has 37 heavy (non-hydrogen) atoms. The van der Waals surface area contributed by atoms with Crippen molar-refractivity contribution in [2.45, 2.75) is 36.5 Å². The summed E-state index contributed by atoms with van der Waals surface area (Å²) in [6.07, 6.45) is 1.99. The van der Waals surface area contributed by atoms with Crippen LogP contribution >= 0.6 is 0 Å². The number of aryl methyl sites for hydroxylation is 1. The average molecular weight is 520 g/mol. The molecule has 8 nitrogen and oxygen atoms in total. The zero-order valence-electron chi connectivity index (χ0n) is 20.3. The molecule has 2 heterocycles. The van der Waals surface area contributed by atoms with Crippen LogP contribution in [0.1, 0.15) is 18.4 Å². The summed E-state index contributed by atoms with van der Waals surface area (Å²) in [7, 11) is -3.70. The number of benzene rings is 3. The Kier molecular flexibility index (Phi) is 7.10. The molecule has 3 unspecified atom stereocenters. The number of ether oxygens (including phenoxy) is 1. The lowest BCUT2D eigenvalue weighted by Crippen LogP contribution is -2.37. The number of carbonyl (C=O) groups excluding carboxylic acids is 2. The molecule has 3 aromatic carbocycles. The van der Waals surface area contributed by atoms with Crippen LogP contribution in [0.3, 0.4) is 0 Å². The van der Waals surface area contributed by atoms with E-state index >= 15 is 0 Å². The number of rotatable bonds is 8. The van der Waals surface area contributed by atoms with Gasteiger partial charge in [0.1, 0.15) is 6.23 Å². The fourth-order valence-corrected chi connectivity index (χ4v) is 6.58. The van der Waals surface area contributed by atoms with Gasteiger partial charge in [0.25, 0.3) is 0 Å². The molecule has 2 N–H and O–H groups in total. The molecule has 2 fully saturated rings. The van der Waals surface area contributed by atoms with E-state index in [1.807, 2.05) is 24.3 Å². The van der Waals surface area contributed by atoms with E-state index in [1.54, 1.807) is 12.1 Å². The van der Waals surface area contributed by atoms with Crippen molar-refractivity contribution in [1.29, 1.82) is 0 Å². The third-order valence-electron chi connectivity index (χ3n) is 6.97. The zero-order valence-corrected chi connectivity index (χ0v) is 21.1. The van der Waals surface area contributed by atoms with E-state index in [9.17, 15) is 18.0 Å². The van der Waals surface area contributed by atoms with Crippen LogP contribution in [0.5, 0.6) is 0 Å². The van der Waals surface area contributed by atoms with Crippen LogP contribution in [0, 0.1) is 5.92 Å². The van der Waals surface area contributed by atoms with Gasteiger partial charge in [-0.15, -0.1) is 0 Å². The maximum atomic E-state index is 13.2. The summed E-state index contributed by atoms with van der Waals surface area (Å²) in [6, 6.07) is 20.4. The lowest BCUT2D eigenvalue weighted by molar-refractivity contribution is -0.120. The van der Waals surface area contributed by atoms with E-state index < -0.39 is 16.3 Å². The van der Waals surface area contributed by atoms with E-state index in [4.69, 9.17) is 4.74 Å². The molecule has 3 aromatic rings. The quantitative estimate of drug-likeness (QED) is 0.444. The Morgan fingerprint density at radius 2 is 1.78 bits per heavy atom. The molecule has 2 aliphatic heterocycles. The van der Waals surface area contributed by atoms with Crippen molar-refractivity contribution in [3.63, 3.8) is 0 Å². The number of carbonyl (C=O) groups is 2. The highest BCUT2D eigenvalue weighted by molar-refractivity contribution is 7.89. The molecule has 3 atom stereocenters. The van der Waals surface area contributed by atoms with Crippen molar-refractivity contribution in [2.24, 2.45) is 5.92 Å². The molecule has 0 radical (unpaired) electrons. The topological polar surface area (TPSA) is 105 Å². The van der Waals surface area contributed by atoms with Crippen LogP contribution in [0.15, 0.2) is 84.3 Å². The van der Waals surface area contributed by atoms with Crippen LogP contribution in [0.25, 0.3) is 10.8 Å². The first kappa shape index (κ1) is 25.1. The van der Waals surface area contributed by atoms with E-state index in [0.717, 1.165) is 16.3 Å². The first-order chi connectivity index (χ1) is 17.8.